The molecule has 2 rings (SSSR count). The fraction of sp³-hybridized carbons (Fsp3) is 0.500. The lowest BCUT2D eigenvalue weighted by Crippen LogP contribution is -2.39. The average Bonchev–Trinajstić information content (AvgIpc) is 2.48. The van der Waals surface area contributed by atoms with Crippen LogP contribution in [-0.2, 0) is 10.0 Å². The molecule has 20 heavy (non-hydrogen) atoms. The number of hydrogen-bond acceptors (Lipinski definition) is 3. The molecule has 1 aliphatic heterocycles. The standard InChI is InChI=1S/C14H19BrN2O2S/c1-3-14(4-2,9-15)10-17-11-16-20(18,19)13-8-6-5-7-12(13)17/h5-8,11H,3-4,9-10H2,1-2H3. The fourth-order valence-electron chi connectivity index (χ4n) is 2.34. The second-order valence-corrected chi connectivity index (χ2v) is 7.29. The first-order valence-corrected chi connectivity index (χ1v) is 9.26. The Morgan fingerprint density at radius 3 is 2.50 bits per heavy atom. The van der Waals surface area contributed by atoms with Crippen LogP contribution in [0.1, 0.15) is 26.7 Å². The summed E-state index contributed by atoms with van der Waals surface area (Å²) in [4.78, 5) is 2.24. The molecule has 0 unspecified atom stereocenters. The Hall–Kier alpha value is -0.880. The van der Waals surface area contributed by atoms with Crippen LogP contribution in [0.5, 0.6) is 0 Å². The van der Waals surface area contributed by atoms with Crippen LogP contribution in [0.2, 0.25) is 0 Å². The van der Waals surface area contributed by atoms with Crippen LogP contribution in [0.15, 0.2) is 33.6 Å². The van der Waals surface area contributed by atoms with Crippen molar-refractivity contribution in [2.24, 2.45) is 9.81 Å². The summed E-state index contributed by atoms with van der Waals surface area (Å²) < 4.78 is 27.6. The summed E-state index contributed by atoms with van der Waals surface area (Å²) in [5.74, 6) is 0. The smallest absolute Gasteiger partial charge is 0.285 e. The Labute approximate surface area is 129 Å². The number of nitrogens with zero attached hydrogens (tertiary/aromatic N) is 2. The van der Waals surface area contributed by atoms with Gasteiger partial charge in [-0.05, 0) is 30.4 Å². The third-order valence-electron chi connectivity index (χ3n) is 4.07. The highest BCUT2D eigenvalue weighted by atomic mass is 79.9. The van der Waals surface area contributed by atoms with Gasteiger partial charge < -0.3 is 4.90 Å². The zero-order valence-electron chi connectivity index (χ0n) is 11.7. The van der Waals surface area contributed by atoms with E-state index in [1.165, 1.54) is 6.34 Å². The van der Waals surface area contributed by atoms with E-state index in [9.17, 15) is 8.42 Å². The Balaban J connectivity index is 2.41. The molecule has 1 aliphatic rings. The molecule has 0 N–H and O–H groups in total. The minimum atomic E-state index is -3.53. The van der Waals surface area contributed by atoms with Gasteiger partial charge in [-0.2, -0.15) is 8.42 Å². The number of anilines is 1. The third kappa shape index (κ3) is 2.76. The Morgan fingerprint density at radius 1 is 1.25 bits per heavy atom. The van der Waals surface area contributed by atoms with Gasteiger partial charge in [0, 0.05) is 11.9 Å². The highest BCUT2D eigenvalue weighted by Crippen LogP contribution is 2.35. The number of fused-ring (bicyclic) bond motifs is 1. The molecule has 0 atom stereocenters. The van der Waals surface area contributed by atoms with E-state index in [0.29, 0.717) is 0 Å². The molecule has 0 fully saturated rings. The Bertz CT molecular complexity index is 601. The van der Waals surface area contributed by atoms with Gasteiger partial charge in [-0.1, -0.05) is 41.9 Å². The summed E-state index contributed by atoms with van der Waals surface area (Å²) in [6.07, 6.45) is 3.49. The molecular formula is C14H19BrN2O2S. The minimum absolute atomic E-state index is 0.111. The molecule has 0 aliphatic carbocycles. The molecule has 0 aromatic heterocycles. The number of halogens is 1. The van der Waals surface area contributed by atoms with E-state index in [4.69, 9.17) is 0 Å². The van der Waals surface area contributed by atoms with Crippen molar-refractivity contribution < 1.29 is 8.42 Å². The highest BCUT2D eigenvalue weighted by molar-refractivity contribution is 9.09. The van der Waals surface area contributed by atoms with Gasteiger partial charge in [-0.3, -0.25) is 0 Å². The summed E-state index contributed by atoms with van der Waals surface area (Å²) in [7, 11) is -3.53. The van der Waals surface area contributed by atoms with Crippen molar-refractivity contribution in [3.05, 3.63) is 24.3 Å². The van der Waals surface area contributed by atoms with E-state index in [-0.39, 0.29) is 10.3 Å². The molecule has 4 nitrogen and oxygen atoms in total. The van der Waals surface area contributed by atoms with Crippen molar-refractivity contribution in [1.82, 2.24) is 0 Å². The maximum absolute atomic E-state index is 12.0. The van der Waals surface area contributed by atoms with Crippen LogP contribution in [0, 0.1) is 5.41 Å². The van der Waals surface area contributed by atoms with Gasteiger partial charge in [0.25, 0.3) is 10.0 Å². The first-order chi connectivity index (χ1) is 9.48. The number of sulfonamides is 1. The van der Waals surface area contributed by atoms with Gasteiger partial charge in [0.05, 0.1) is 5.69 Å². The monoisotopic (exact) mass is 358 g/mol. The summed E-state index contributed by atoms with van der Waals surface area (Å²) in [5, 5.41) is 0.881. The summed E-state index contributed by atoms with van der Waals surface area (Å²) in [5.41, 5.74) is 0.829. The van der Waals surface area contributed by atoms with Gasteiger partial charge in [-0.25, -0.2) is 0 Å². The van der Waals surface area contributed by atoms with Crippen LogP contribution >= 0.6 is 15.9 Å². The lowest BCUT2D eigenvalue weighted by molar-refractivity contribution is 0.322. The quantitative estimate of drug-likeness (QED) is 0.757. The van der Waals surface area contributed by atoms with Crippen molar-refractivity contribution in [2.75, 3.05) is 16.8 Å². The molecule has 0 spiro atoms. The van der Waals surface area contributed by atoms with Crippen LogP contribution < -0.4 is 4.90 Å². The highest BCUT2D eigenvalue weighted by Gasteiger charge is 2.31. The molecule has 0 radical (unpaired) electrons. The maximum Gasteiger partial charge on any atom is 0.285 e. The van der Waals surface area contributed by atoms with E-state index in [2.05, 4.69) is 34.2 Å². The van der Waals surface area contributed by atoms with Crippen LogP contribution in [0.25, 0.3) is 0 Å². The van der Waals surface area contributed by atoms with Gasteiger partial charge in [0.15, 0.2) is 0 Å². The molecule has 0 amide bonds. The van der Waals surface area contributed by atoms with Gasteiger partial charge in [0.1, 0.15) is 11.2 Å². The van der Waals surface area contributed by atoms with Gasteiger partial charge >= 0.3 is 0 Å². The fourth-order valence-corrected chi connectivity index (χ4v) is 4.36. The molecule has 0 saturated carbocycles. The zero-order chi connectivity index (χ0) is 14.8. The number of hydrogen-bond donors (Lipinski definition) is 0. The number of alkyl halides is 1. The molecule has 0 bridgehead atoms. The molecule has 0 saturated heterocycles. The zero-order valence-corrected chi connectivity index (χ0v) is 14.1. The molecule has 6 heteroatoms. The van der Waals surface area contributed by atoms with Crippen molar-refractivity contribution in [3.8, 4) is 0 Å². The van der Waals surface area contributed by atoms with Crippen LogP contribution in [0.4, 0.5) is 5.69 Å². The van der Waals surface area contributed by atoms with E-state index in [0.717, 1.165) is 30.4 Å². The van der Waals surface area contributed by atoms with Crippen molar-refractivity contribution in [2.45, 2.75) is 31.6 Å². The van der Waals surface area contributed by atoms with E-state index in [1.54, 1.807) is 12.1 Å². The lowest BCUT2D eigenvalue weighted by Gasteiger charge is -2.36. The van der Waals surface area contributed by atoms with Gasteiger partial charge in [0.2, 0.25) is 0 Å². The molecule has 1 aromatic rings. The number of para-hydroxylation sites is 1. The Morgan fingerprint density at radius 2 is 1.90 bits per heavy atom. The topological polar surface area (TPSA) is 49.7 Å². The predicted molar refractivity (Wildman–Crippen MR) is 86.3 cm³/mol. The van der Waals surface area contributed by atoms with E-state index < -0.39 is 10.0 Å². The molecule has 110 valence electrons. The Kier molecular flexibility index (Phi) is 4.54. The van der Waals surface area contributed by atoms with Crippen molar-refractivity contribution >= 4 is 38.0 Å². The van der Waals surface area contributed by atoms with Crippen LogP contribution in [-0.4, -0.2) is 26.6 Å². The SMILES string of the molecule is CCC(CC)(CBr)CN1C=NS(=O)(=O)c2ccccc21. The first kappa shape index (κ1) is 15.5. The number of rotatable bonds is 5. The summed E-state index contributed by atoms with van der Waals surface area (Å²) in [6.45, 7) is 5.07. The maximum atomic E-state index is 12.0. The van der Waals surface area contributed by atoms with Crippen molar-refractivity contribution in [1.29, 1.82) is 0 Å². The molecule has 1 aromatic carbocycles. The molecular weight excluding hydrogens is 340 g/mol. The summed E-state index contributed by atoms with van der Waals surface area (Å²) in [6, 6.07) is 7.03. The first-order valence-electron chi connectivity index (χ1n) is 6.70. The van der Waals surface area contributed by atoms with E-state index >= 15 is 0 Å². The molecule has 1 heterocycles. The normalized spacial score (nSPS) is 17.1. The number of benzene rings is 1. The second kappa shape index (κ2) is 5.85. The van der Waals surface area contributed by atoms with Crippen molar-refractivity contribution in [3.63, 3.8) is 0 Å². The summed E-state index contributed by atoms with van der Waals surface area (Å²) >= 11 is 3.59. The lowest BCUT2D eigenvalue weighted by atomic mass is 9.84. The van der Waals surface area contributed by atoms with E-state index in [1.807, 2.05) is 17.0 Å². The largest absolute Gasteiger partial charge is 0.330 e. The average molecular weight is 359 g/mol. The van der Waals surface area contributed by atoms with Gasteiger partial charge in [-0.15, -0.1) is 4.40 Å². The minimum Gasteiger partial charge on any atom is -0.330 e. The third-order valence-corrected chi connectivity index (χ3v) is 6.53. The second-order valence-electron chi connectivity index (χ2n) is 5.13. The predicted octanol–water partition coefficient (Wildman–Crippen LogP) is 3.42. The van der Waals surface area contributed by atoms with Crippen LogP contribution in [0.3, 0.4) is 0 Å².